The van der Waals surface area contributed by atoms with E-state index in [4.69, 9.17) is 4.99 Å². The fourth-order valence-corrected chi connectivity index (χ4v) is 5.28. The molecule has 0 saturated carbocycles. The van der Waals surface area contributed by atoms with Crippen LogP contribution in [0.5, 0.6) is 0 Å². The van der Waals surface area contributed by atoms with Crippen molar-refractivity contribution < 1.29 is 9.59 Å². The lowest BCUT2D eigenvalue weighted by molar-refractivity contribution is -0.126. The molecule has 0 bridgehead atoms. The summed E-state index contributed by atoms with van der Waals surface area (Å²) in [6.45, 7) is 2.02. The number of nitrogens with zero attached hydrogens (tertiary/aromatic N) is 3. The number of aliphatic imine (C=N–C) groups is 1. The van der Waals surface area contributed by atoms with Crippen LogP contribution in [0.15, 0.2) is 114 Å². The molecule has 2 amide bonds. The van der Waals surface area contributed by atoms with Crippen LogP contribution in [0.3, 0.4) is 0 Å². The number of likely N-dealkylation sites (N-methyl/N-ethyl adjacent to an activating group) is 1. The van der Waals surface area contributed by atoms with Crippen molar-refractivity contribution in [2.24, 2.45) is 4.99 Å². The molecule has 0 spiro atoms. The Morgan fingerprint density at radius 1 is 1.00 bits per heavy atom. The van der Waals surface area contributed by atoms with Crippen LogP contribution in [-0.4, -0.2) is 45.5 Å². The number of para-hydroxylation sites is 1. The summed E-state index contributed by atoms with van der Waals surface area (Å²) in [5, 5.41) is 4.02. The zero-order valence-corrected chi connectivity index (χ0v) is 23.5. The van der Waals surface area contributed by atoms with Crippen molar-refractivity contribution in [1.82, 2.24) is 14.9 Å². The van der Waals surface area contributed by atoms with Crippen molar-refractivity contribution in [1.29, 1.82) is 0 Å². The molecule has 2 atom stereocenters. The Kier molecular flexibility index (Phi) is 7.47. The van der Waals surface area contributed by atoms with Gasteiger partial charge in [0, 0.05) is 54.0 Å². The zero-order chi connectivity index (χ0) is 29.1. The molecular weight excluding hydrogens is 522 g/mol. The Balaban J connectivity index is 1.21. The molecule has 7 heteroatoms. The van der Waals surface area contributed by atoms with E-state index in [1.807, 2.05) is 98.0 Å². The van der Waals surface area contributed by atoms with Gasteiger partial charge in [0.25, 0.3) is 5.91 Å². The van der Waals surface area contributed by atoms with Crippen LogP contribution in [0.4, 0.5) is 5.82 Å². The minimum Gasteiger partial charge on any atom is -0.361 e. The second-order valence-corrected chi connectivity index (χ2v) is 10.4. The van der Waals surface area contributed by atoms with Crippen LogP contribution in [0.25, 0.3) is 17.0 Å². The molecule has 208 valence electrons. The number of hydrogen-bond donors (Lipinski definition) is 2. The van der Waals surface area contributed by atoms with Gasteiger partial charge in [0.2, 0.25) is 5.91 Å². The Hall–Kier alpha value is -5.30. The van der Waals surface area contributed by atoms with Crippen molar-refractivity contribution in [2.75, 3.05) is 12.4 Å². The van der Waals surface area contributed by atoms with Crippen molar-refractivity contribution >= 4 is 40.3 Å². The molecule has 5 aromatic rings. The molecule has 7 nitrogen and oxygen atoms in total. The molecule has 0 fully saturated rings. The number of nitrogens with one attached hydrogen (secondary N) is 2. The number of aromatic nitrogens is 2. The van der Waals surface area contributed by atoms with E-state index in [9.17, 15) is 9.59 Å². The number of benzene rings is 3. The van der Waals surface area contributed by atoms with Gasteiger partial charge in [-0.2, -0.15) is 0 Å². The molecule has 6 rings (SSSR count). The van der Waals surface area contributed by atoms with E-state index in [0.717, 1.165) is 44.4 Å². The van der Waals surface area contributed by atoms with Crippen LogP contribution in [0.2, 0.25) is 0 Å². The first-order chi connectivity index (χ1) is 20.5. The second-order valence-electron chi connectivity index (χ2n) is 10.4. The van der Waals surface area contributed by atoms with Gasteiger partial charge in [0.15, 0.2) is 0 Å². The fourth-order valence-electron chi connectivity index (χ4n) is 5.28. The highest BCUT2D eigenvalue weighted by molar-refractivity contribution is 6.14. The lowest BCUT2D eigenvalue weighted by Crippen LogP contribution is -2.34. The predicted molar refractivity (Wildman–Crippen MR) is 167 cm³/mol. The number of fused-ring (bicyclic) bond motifs is 2. The molecule has 1 aliphatic heterocycles. The van der Waals surface area contributed by atoms with Crippen molar-refractivity contribution in [3.63, 3.8) is 0 Å². The van der Waals surface area contributed by atoms with Crippen LogP contribution in [0.1, 0.15) is 40.8 Å². The Morgan fingerprint density at radius 3 is 2.38 bits per heavy atom. The van der Waals surface area contributed by atoms with E-state index < -0.39 is 6.04 Å². The maximum absolute atomic E-state index is 13.1. The highest BCUT2D eigenvalue weighted by atomic mass is 16.2. The predicted octanol–water partition coefficient (Wildman–Crippen LogP) is 6.20. The normalized spacial score (nSPS) is 15.2. The number of carbonyl (C=O) groups excluding carboxylic acids is 2. The first-order valence-corrected chi connectivity index (χ1v) is 14.0. The third kappa shape index (κ3) is 5.49. The summed E-state index contributed by atoms with van der Waals surface area (Å²) >= 11 is 0. The number of rotatable bonds is 7. The van der Waals surface area contributed by atoms with Crippen molar-refractivity contribution in [3.8, 4) is 0 Å². The largest absolute Gasteiger partial charge is 0.361 e. The highest BCUT2D eigenvalue weighted by Crippen LogP contribution is 2.28. The topological polar surface area (TPSA) is 90.5 Å². The van der Waals surface area contributed by atoms with E-state index >= 15 is 0 Å². The fraction of sp³-hybridized carbons (Fsp3) is 0.143. The molecule has 0 saturated heterocycles. The van der Waals surface area contributed by atoms with Gasteiger partial charge in [-0.05, 0) is 41.8 Å². The number of carbonyl (C=O) groups is 2. The number of aromatic amines is 1. The van der Waals surface area contributed by atoms with Crippen LogP contribution in [-0.2, 0) is 16.0 Å². The average molecular weight is 554 g/mol. The second kappa shape index (κ2) is 11.7. The smallest absolute Gasteiger partial charge is 0.250 e. The summed E-state index contributed by atoms with van der Waals surface area (Å²) in [5.41, 5.74) is 6.42. The molecular formula is C35H31N5O2. The number of amides is 2. The van der Waals surface area contributed by atoms with Crippen molar-refractivity contribution in [3.05, 3.63) is 137 Å². The van der Waals surface area contributed by atoms with E-state index in [1.54, 1.807) is 30.3 Å². The Morgan fingerprint density at radius 2 is 1.67 bits per heavy atom. The van der Waals surface area contributed by atoms with Gasteiger partial charge < -0.3 is 15.2 Å². The van der Waals surface area contributed by atoms with E-state index in [0.29, 0.717) is 12.2 Å². The summed E-state index contributed by atoms with van der Waals surface area (Å²) in [6.07, 6.45) is 7.36. The number of pyridine rings is 1. The van der Waals surface area contributed by atoms with Gasteiger partial charge in [0.05, 0.1) is 11.8 Å². The summed E-state index contributed by atoms with van der Waals surface area (Å²) in [6, 6.07) is 29.1. The molecule has 3 aromatic carbocycles. The lowest BCUT2D eigenvalue weighted by atomic mass is 9.98. The van der Waals surface area contributed by atoms with Gasteiger partial charge in [-0.1, -0.05) is 78.9 Å². The quantitative estimate of drug-likeness (QED) is 0.186. The lowest BCUT2D eigenvalue weighted by Gasteiger charge is -2.24. The van der Waals surface area contributed by atoms with Gasteiger partial charge in [0.1, 0.15) is 11.9 Å². The SMILES string of the molecule is CC(c1c[nH]c2ccccc12)N(C)C(=O)/C=C/c1cnc2c(c1)CC(N=C(c1ccccc1)c1ccccc1)C(=O)N2. The van der Waals surface area contributed by atoms with Crippen LogP contribution in [0, 0.1) is 0 Å². The summed E-state index contributed by atoms with van der Waals surface area (Å²) < 4.78 is 0. The molecule has 42 heavy (non-hydrogen) atoms. The summed E-state index contributed by atoms with van der Waals surface area (Å²) in [4.78, 5) is 40.6. The van der Waals surface area contributed by atoms with Gasteiger partial charge >= 0.3 is 0 Å². The molecule has 0 aliphatic carbocycles. The highest BCUT2D eigenvalue weighted by Gasteiger charge is 2.28. The third-order valence-electron chi connectivity index (χ3n) is 7.74. The minimum absolute atomic E-state index is 0.114. The van der Waals surface area contributed by atoms with Gasteiger partial charge in [-0.3, -0.25) is 14.6 Å². The maximum atomic E-state index is 13.1. The Labute approximate surface area is 244 Å². The molecule has 2 N–H and O–H groups in total. The molecule has 2 unspecified atom stereocenters. The van der Waals surface area contributed by atoms with Crippen LogP contribution >= 0.6 is 0 Å². The molecule has 2 aromatic heterocycles. The molecule has 1 aliphatic rings. The third-order valence-corrected chi connectivity index (χ3v) is 7.74. The standard InChI is InChI=1S/C35H31N5O2/c1-23(29-22-36-30-16-10-9-15-28(29)30)40(2)32(41)18-17-24-19-27-20-31(35(42)39-34(27)37-21-24)38-33(25-11-5-3-6-12-25)26-13-7-4-8-14-26/h3-19,21-23,31,36H,20H2,1-2H3,(H,37,39,42)/b18-17+. The van der Waals surface area contributed by atoms with Crippen LogP contribution < -0.4 is 5.32 Å². The first kappa shape index (κ1) is 26.9. The van der Waals surface area contributed by atoms with Gasteiger partial charge in [-0.25, -0.2) is 4.98 Å². The van der Waals surface area contributed by atoms with Gasteiger partial charge in [-0.15, -0.1) is 0 Å². The average Bonchev–Trinajstić information content (AvgIpc) is 3.47. The summed E-state index contributed by atoms with van der Waals surface area (Å²) in [7, 11) is 1.80. The Bertz CT molecular complexity index is 1770. The monoisotopic (exact) mass is 553 g/mol. The number of H-pyrrole nitrogens is 1. The zero-order valence-electron chi connectivity index (χ0n) is 23.5. The maximum Gasteiger partial charge on any atom is 0.250 e. The van der Waals surface area contributed by atoms with E-state index in [1.165, 1.54) is 0 Å². The van der Waals surface area contributed by atoms with Crippen molar-refractivity contribution in [2.45, 2.75) is 25.4 Å². The molecule has 3 heterocycles. The summed E-state index contributed by atoms with van der Waals surface area (Å²) in [5.74, 6) is 0.225. The molecule has 0 radical (unpaired) electrons. The minimum atomic E-state index is -0.612. The first-order valence-electron chi connectivity index (χ1n) is 14.0. The van der Waals surface area contributed by atoms with E-state index in [2.05, 4.69) is 21.4 Å². The number of anilines is 1. The van der Waals surface area contributed by atoms with E-state index in [-0.39, 0.29) is 17.9 Å². The number of hydrogen-bond acceptors (Lipinski definition) is 4.